The molecule has 1 aliphatic heterocycles. The fraction of sp³-hybridized carbons (Fsp3) is 0.118. The first-order valence-electron chi connectivity index (χ1n) is 7.90. The molecule has 4 aromatic heterocycles. The number of fused-ring (bicyclic) bond motifs is 2. The predicted molar refractivity (Wildman–Crippen MR) is 88.6 cm³/mol. The second-order valence-electron chi connectivity index (χ2n) is 5.78. The monoisotopic (exact) mass is 350 g/mol. The molecule has 0 atom stereocenters. The Morgan fingerprint density at radius 1 is 1.19 bits per heavy atom. The number of ether oxygens (including phenoxy) is 1. The molecule has 5 heterocycles. The number of H-pyrrole nitrogens is 1. The van der Waals surface area contributed by atoms with Crippen LogP contribution in [-0.2, 0) is 11.3 Å². The van der Waals surface area contributed by atoms with Crippen LogP contribution in [0.3, 0.4) is 0 Å². The SMILES string of the molecule is O=C1OCCn2nc(-c3ccc(F)cn3)c(-c3ccnc4[nH]ncc34)c21. The number of pyridine rings is 2. The largest absolute Gasteiger partial charge is 0.459 e. The number of carbonyl (C=O) groups is 1. The van der Waals surface area contributed by atoms with Crippen molar-refractivity contribution in [3.8, 4) is 22.5 Å². The maximum absolute atomic E-state index is 13.3. The highest BCUT2D eigenvalue weighted by Crippen LogP contribution is 2.38. The molecule has 0 radical (unpaired) electrons. The lowest BCUT2D eigenvalue weighted by atomic mass is 9.99. The van der Waals surface area contributed by atoms with E-state index >= 15 is 0 Å². The Morgan fingerprint density at radius 3 is 2.96 bits per heavy atom. The molecular weight excluding hydrogens is 339 g/mol. The third kappa shape index (κ3) is 2.10. The summed E-state index contributed by atoms with van der Waals surface area (Å²) >= 11 is 0. The van der Waals surface area contributed by atoms with Crippen molar-refractivity contribution in [2.45, 2.75) is 6.54 Å². The van der Waals surface area contributed by atoms with Gasteiger partial charge >= 0.3 is 5.97 Å². The van der Waals surface area contributed by atoms with Gasteiger partial charge in [-0.3, -0.25) is 14.8 Å². The van der Waals surface area contributed by atoms with Gasteiger partial charge in [0.1, 0.15) is 18.1 Å². The van der Waals surface area contributed by atoms with Crippen LogP contribution in [0.2, 0.25) is 0 Å². The molecule has 128 valence electrons. The summed E-state index contributed by atoms with van der Waals surface area (Å²) in [7, 11) is 0. The molecule has 9 heteroatoms. The number of hydrogen-bond donors (Lipinski definition) is 1. The Kier molecular flexibility index (Phi) is 3.08. The number of nitrogens with one attached hydrogen (secondary N) is 1. The highest BCUT2D eigenvalue weighted by Gasteiger charge is 2.30. The molecule has 0 amide bonds. The molecule has 0 fully saturated rings. The van der Waals surface area contributed by atoms with E-state index in [2.05, 4.69) is 25.3 Å². The van der Waals surface area contributed by atoms with Gasteiger partial charge in [0, 0.05) is 22.7 Å². The Bertz CT molecular complexity index is 1150. The standard InChI is InChI=1S/C17H11FN6O2/c18-9-1-2-12(20-7-9)14-13(15-17(25)26-6-5-24(15)23-14)10-3-4-19-16-11(10)8-21-22-16/h1-4,7-8H,5-6H2,(H,19,21,22). The molecule has 8 nitrogen and oxygen atoms in total. The molecule has 5 rings (SSSR count). The normalized spacial score (nSPS) is 13.7. The fourth-order valence-electron chi connectivity index (χ4n) is 3.14. The number of aromatic nitrogens is 6. The average Bonchev–Trinajstić information content (AvgIpc) is 3.27. The van der Waals surface area contributed by atoms with Crippen LogP contribution < -0.4 is 0 Å². The van der Waals surface area contributed by atoms with Gasteiger partial charge < -0.3 is 4.74 Å². The van der Waals surface area contributed by atoms with Crippen LogP contribution in [0.5, 0.6) is 0 Å². The molecule has 26 heavy (non-hydrogen) atoms. The van der Waals surface area contributed by atoms with Crippen LogP contribution in [0.4, 0.5) is 4.39 Å². The van der Waals surface area contributed by atoms with Crippen LogP contribution in [0, 0.1) is 5.82 Å². The second kappa shape index (κ2) is 5.45. The summed E-state index contributed by atoms with van der Waals surface area (Å²) in [5.74, 6) is -0.902. The molecule has 0 unspecified atom stereocenters. The third-order valence-electron chi connectivity index (χ3n) is 4.28. The minimum Gasteiger partial charge on any atom is -0.459 e. The number of hydrogen-bond acceptors (Lipinski definition) is 6. The summed E-state index contributed by atoms with van der Waals surface area (Å²) in [6.07, 6.45) is 4.38. The Labute approximate surface area is 145 Å². The van der Waals surface area contributed by atoms with Gasteiger partial charge in [-0.1, -0.05) is 0 Å². The Morgan fingerprint density at radius 2 is 2.12 bits per heavy atom. The van der Waals surface area contributed by atoms with Gasteiger partial charge in [-0.15, -0.1) is 0 Å². The molecular formula is C17H11FN6O2. The average molecular weight is 350 g/mol. The summed E-state index contributed by atoms with van der Waals surface area (Å²) in [4.78, 5) is 20.8. The third-order valence-corrected chi connectivity index (χ3v) is 4.28. The van der Waals surface area contributed by atoms with E-state index in [9.17, 15) is 9.18 Å². The summed E-state index contributed by atoms with van der Waals surface area (Å²) in [6.45, 7) is 0.690. The zero-order valence-corrected chi connectivity index (χ0v) is 13.3. The summed E-state index contributed by atoms with van der Waals surface area (Å²) < 4.78 is 20.1. The first-order valence-corrected chi connectivity index (χ1v) is 7.90. The summed E-state index contributed by atoms with van der Waals surface area (Å²) in [5.41, 5.74) is 3.17. The number of halogens is 1. The molecule has 0 saturated carbocycles. The molecule has 0 aromatic carbocycles. The Balaban J connectivity index is 1.85. The molecule has 1 N–H and O–H groups in total. The predicted octanol–water partition coefficient (Wildman–Crippen LogP) is 2.19. The lowest BCUT2D eigenvalue weighted by molar-refractivity contribution is 0.0412. The second-order valence-corrected chi connectivity index (χ2v) is 5.78. The van der Waals surface area contributed by atoms with E-state index in [1.165, 1.54) is 12.1 Å². The van der Waals surface area contributed by atoms with Crippen molar-refractivity contribution in [1.82, 2.24) is 29.9 Å². The van der Waals surface area contributed by atoms with Crippen LogP contribution >= 0.6 is 0 Å². The zero-order valence-electron chi connectivity index (χ0n) is 13.3. The highest BCUT2D eigenvalue weighted by molar-refractivity contribution is 6.05. The first-order chi connectivity index (χ1) is 12.7. The number of nitrogens with zero attached hydrogens (tertiary/aromatic N) is 5. The molecule has 0 bridgehead atoms. The topological polar surface area (TPSA) is 98.6 Å². The van der Waals surface area contributed by atoms with Gasteiger partial charge in [-0.2, -0.15) is 10.2 Å². The minimum atomic E-state index is -0.458. The van der Waals surface area contributed by atoms with Crippen LogP contribution in [0.1, 0.15) is 10.5 Å². The van der Waals surface area contributed by atoms with Gasteiger partial charge in [0.05, 0.1) is 24.6 Å². The van der Waals surface area contributed by atoms with E-state index in [-0.39, 0.29) is 6.61 Å². The molecule has 0 aliphatic carbocycles. The summed E-state index contributed by atoms with van der Waals surface area (Å²) in [5, 5.41) is 12.1. The number of rotatable bonds is 2. The summed E-state index contributed by atoms with van der Waals surface area (Å²) in [6, 6.07) is 4.62. The van der Waals surface area contributed by atoms with E-state index in [0.29, 0.717) is 34.8 Å². The van der Waals surface area contributed by atoms with Crippen molar-refractivity contribution in [2.24, 2.45) is 0 Å². The van der Waals surface area contributed by atoms with E-state index in [0.717, 1.165) is 17.1 Å². The molecule has 4 aromatic rings. The van der Waals surface area contributed by atoms with Crippen molar-refractivity contribution < 1.29 is 13.9 Å². The molecule has 0 spiro atoms. The van der Waals surface area contributed by atoms with Crippen molar-refractivity contribution in [2.75, 3.05) is 6.61 Å². The van der Waals surface area contributed by atoms with Gasteiger partial charge in [0.15, 0.2) is 11.3 Å². The molecule has 0 saturated heterocycles. The lowest BCUT2D eigenvalue weighted by Crippen LogP contribution is -2.23. The van der Waals surface area contributed by atoms with Gasteiger partial charge in [0.25, 0.3) is 0 Å². The van der Waals surface area contributed by atoms with Crippen LogP contribution in [0.15, 0.2) is 36.8 Å². The van der Waals surface area contributed by atoms with Crippen molar-refractivity contribution in [3.05, 3.63) is 48.3 Å². The zero-order chi connectivity index (χ0) is 17.7. The maximum Gasteiger partial charge on any atom is 0.357 e. The fourth-order valence-corrected chi connectivity index (χ4v) is 3.14. The van der Waals surface area contributed by atoms with E-state index in [4.69, 9.17) is 4.74 Å². The van der Waals surface area contributed by atoms with E-state index < -0.39 is 11.8 Å². The van der Waals surface area contributed by atoms with Crippen molar-refractivity contribution >= 4 is 17.0 Å². The van der Waals surface area contributed by atoms with E-state index in [1.807, 2.05) is 0 Å². The number of esters is 1. The van der Waals surface area contributed by atoms with Gasteiger partial charge in [-0.05, 0) is 18.2 Å². The number of carbonyl (C=O) groups excluding carboxylic acids is 1. The highest BCUT2D eigenvalue weighted by atomic mass is 19.1. The molecule has 1 aliphatic rings. The maximum atomic E-state index is 13.3. The smallest absolute Gasteiger partial charge is 0.357 e. The van der Waals surface area contributed by atoms with Crippen LogP contribution in [0.25, 0.3) is 33.5 Å². The van der Waals surface area contributed by atoms with Gasteiger partial charge in [-0.25, -0.2) is 14.2 Å². The van der Waals surface area contributed by atoms with Gasteiger partial charge in [0.2, 0.25) is 0 Å². The lowest BCUT2D eigenvalue weighted by Gasteiger charge is -2.14. The van der Waals surface area contributed by atoms with E-state index in [1.54, 1.807) is 23.1 Å². The van der Waals surface area contributed by atoms with Crippen molar-refractivity contribution in [3.63, 3.8) is 0 Å². The van der Waals surface area contributed by atoms with Crippen molar-refractivity contribution in [1.29, 1.82) is 0 Å². The Hall–Kier alpha value is -3.62. The quantitative estimate of drug-likeness (QED) is 0.557. The minimum absolute atomic E-state index is 0.251. The first kappa shape index (κ1) is 14.7. The number of cyclic esters (lactones) is 1. The number of aromatic amines is 1. The van der Waals surface area contributed by atoms with Crippen LogP contribution in [-0.4, -0.2) is 42.5 Å².